The monoisotopic (exact) mass is 350 g/mol. The van der Waals surface area contributed by atoms with Crippen LogP contribution < -0.4 is 5.32 Å². The van der Waals surface area contributed by atoms with Gasteiger partial charge in [0, 0.05) is 24.0 Å². The van der Waals surface area contributed by atoms with Gasteiger partial charge in [-0.2, -0.15) is 0 Å². The van der Waals surface area contributed by atoms with Crippen LogP contribution in [-0.4, -0.2) is 37.5 Å². The minimum atomic E-state index is 0. The maximum Gasteiger partial charge on any atom is 0.289 e. The fourth-order valence-electron chi connectivity index (χ4n) is 3.51. The predicted octanol–water partition coefficient (Wildman–Crippen LogP) is 3.93. The lowest BCUT2D eigenvalue weighted by Crippen LogP contribution is -2.39. The molecular weight excluding hydrogens is 324 g/mol. The van der Waals surface area contributed by atoms with E-state index in [1.807, 2.05) is 44.0 Å². The number of hydrogen-bond acceptors (Lipinski definition) is 3. The molecule has 3 rings (SSSR count). The van der Waals surface area contributed by atoms with Crippen LogP contribution in [0.5, 0.6) is 0 Å². The summed E-state index contributed by atoms with van der Waals surface area (Å²) in [6.45, 7) is 6.73. The molecule has 0 aliphatic carbocycles. The van der Waals surface area contributed by atoms with Crippen molar-refractivity contribution < 1.29 is 9.21 Å². The summed E-state index contributed by atoms with van der Waals surface area (Å²) in [5.74, 6) is 1.29. The normalized spacial score (nSPS) is 15.5. The van der Waals surface area contributed by atoms with Crippen molar-refractivity contribution in [2.45, 2.75) is 33.1 Å². The molecule has 0 radical (unpaired) electrons. The molecule has 1 aromatic heterocycles. The van der Waals surface area contributed by atoms with Gasteiger partial charge < -0.3 is 14.6 Å². The summed E-state index contributed by atoms with van der Waals surface area (Å²) < 4.78 is 5.94. The summed E-state index contributed by atoms with van der Waals surface area (Å²) in [4.78, 5) is 14.8. The van der Waals surface area contributed by atoms with Gasteiger partial charge in [0.15, 0.2) is 5.76 Å². The average Bonchev–Trinajstić information content (AvgIpc) is 2.91. The largest absolute Gasteiger partial charge is 0.450 e. The lowest BCUT2D eigenvalue weighted by molar-refractivity contribution is 0.0656. The van der Waals surface area contributed by atoms with Crippen molar-refractivity contribution in [2.24, 2.45) is 5.92 Å². The molecule has 24 heavy (non-hydrogen) atoms. The smallest absolute Gasteiger partial charge is 0.289 e. The fraction of sp³-hybridized carbons (Fsp3) is 0.526. The van der Waals surface area contributed by atoms with Crippen LogP contribution in [0.4, 0.5) is 0 Å². The summed E-state index contributed by atoms with van der Waals surface area (Å²) in [5, 5.41) is 4.26. The molecule has 1 N–H and O–H groups in total. The van der Waals surface area contributed by atoms with E-state index in [0.29, 0.717) is 5.76 Å². The van der Waals surface area contributed by atoms with E-state index in [1.54, 1.807) is 0 Å². The second-order valence-electron chi connectivity index (χ2n) is 6.64. The molecular formula is C19H27ClN2O2. The second kappa shape index (κ2) is 8.04. The third-order valence-electron chi connectivity index (χ3n) is 5.06. The molecule has 1 aliphatic rings. The number of para-hydroxylation sites is 1. The number of carbonyl (C=O) groups excluding carboxylic acids is 1. The molecule has 0 unspecified atom stereocenters. The van der Waals surface area contributed by atoms with Gasteiger partial charge in [-0.25, -0.2) is 0 Å². The number of benzene rings is 1. The van der Waals surface area contributed by atoms with E-state index < -0.39 is 0 Å². The van der Waals surface area contributed by atoms with E-state index in [4.69, 9.17) is 4.42 Å². The lowest BCUT2D eigenvalue weighted by Gasteiger charge is -2.31. The molecule has 1 aliphatic heterocycles. The first-order chi connectivity index (χ1) is 11.1. The zero-order chi connectivity index (χ0) is 16.4. The Hall–Kier alpha value is -1.52. The Balaban J connectivity index is 0.00000208. The number of halogens is 1. The highest BCUT2D eigenvalue weighted by Crippen LogP contribution is 2.29. The van der Waals surface area contributed by atoms with Crippen molar-refractivity contribution in [3.05, 3.63) is 35.1 Å². The standard InChI is InChI=1S/C19H26N2O2.ClH/c1-13-5-4-6-16-14(2)18(23-17(13)16)19(22)21-11-8-15(9-12-21)7-10-20-3;/h4-6,15,20H,7-12H2,1-3H3;1H. The highest BCUT2D eigenvalue weighted by molar-refractivity contribution is 5.99. The van der Waals surface area contributed by atoms with Gasteiger partial charge in [0.1, 0.15) is 5.58 Å². The minimum absolute atomic E-state index is 0. The number of aryl methyl sites for hydroxylation is 2. The number of piperidine rings is 1. The van der Waals surface area contributed by atoms with Gasteiger partial charge >= 0.3 is 0 Å². The number of amides is 1. The molecule has 132 valence electrons. The van der Waals surface area contributed by atoms with E-state index in [0.717, 1.165) is 60.5 Å². The minimum Gasteiger partial charge on any atom is -0.450 e. The van der Waals surface area contributed by atoms with Crippen LogP contribution in [0, 0.1) is 19.8 Å². The Bertz CT molecular complexity index is 703. The second-order valence-corrected chi connectivity index (χ2v) is 6.64. The Kier molecular flexibility index (Phi) is 6.30. The summed E-state index contributed by atoms with van der Waals surface area (Å²) >= 11 is 0. The van der Waals surface area contributed by atoms with E-state index in [2.05, 4.69) is 5.32 Å². The van der Waals surface area contributed by atoms with Crippen molar-refractivity contribution in [2.75, 3.05) is 26.7 Å². The Morgan fingerprint density at radius 1 is 1.29 bits per heavy atom. The maximum absolute atomic E-state index is 12.8. The number of carbonyl (C=O) groups is 1. The van der Waals surface area contributed by atoms with Gasteiger partial charge in [0.25, 0.3) is 5.91 Å². The molecule has 2 heterocycles. The Labute approximate surface area is 150 Å². The predicted molar refractivity (Wildman–Crippen MR) is 100 cm³/mol. The summed E-state index contributed by atoms with van der Waals surface area (Å²) in [6, 6.07) is 6.07. The zero-order valence-electron chi connectivity index (χ0n) is 14.7. The van der Waals surface area contributed by atoms with Gasteiger partial charge in [-0.3, -0.25) is 4.79 Å². The molecule has 4 nitrogen and oxygen atoms in total. The van der Waals surface area contributed by atoms with Crippen LogP contribution in [0.15, 0.2) is 22.6 Å². The summed E-state index contributed by atoms with van der Waals surface area (Å²) in [6.07, 6.45) is 3.37. The third kappa shape index (κ3) is 3.60. The van der Waals surface area contributed by atoms with Gasteiger partial charge in [-0.15, -0.1) is 12.4 Å². The van der Waals surface area contributed by atoms with Crippen molar-refractivity contribution in [3.63, 3.8) is 0 Å². The van der Waals surface area contributed by atoms with E-state index >= 15 is 0 Å². The number of rotatable bonds is 4. The van der Waals surface area contributed by atoms with Crippen LogP contribution in [0.1, 0.15) is 40.9 Å². The molecule has 0 atom stereocenters. The van der Waals surface area contributed by atoms with Crippen LogP contribution >= 0.6 is 12.4 Å². The fourth-order valence-corrected chi connectivity index (χ4v) is 3.51. The highest BCUT2D eigenvalue weighted by atomic mass is 35.5. The third-order valence-corrected chi connectivity index (χ3v) is 5.06. The quantitative estimate of drug-likeness (QED) is 0.908. The molecule has 1 aromatic carbocycles. The van der Waals surface area contributed by atoms with Gasteiger partial charge in [0.2, 0.25) is 0 Å². The summed E-state index contributed by atoms with van der Waals surface area (Å²) in [7, 11) is 1.99. The van der Waals surface area contributed by atoms with Crippen molar-refractivity contribution in [3.8, 4) is 0 Å². The van der Waals surface area contributed by atoms with Crippen molar-refractivity contribution in [1.29, 1.82) is 0 Å². The van der Waals surface area contributed by atoms with E-state index in [-0.39, 0.29) is 18.3 Å². The Morgan fingerprint density at radius 3 is 2.62 bits per heavy atom. The van der Waals surface area contributed by atoms with E-state index in [1.165, 1.54) is 6.42 Å². The number of fused-ring (bicyclic) bond motifs is 1. The SMILES string of the molecule is CNCCC1CCN(C(=O)c2oc3c(C)cccc3c2C)CC1.Cl. The van der Waals surface area contributed by atoms with Crippen molar-refractivity contribution in [1.82, 2.24) is 10.2 Å². The van der Waals surface area contributed by atoms with Crippen LogP contribution in [0.25, 0.3) is 11.0 Å². The zero-order valence-corrected chi connectivity index (χ0v) is 15.5. The molecule has 2 aromatic rings. The molecule has 0 bridgehead atoms. The van der Waals surface area contributed by atoms with Gasteiger partial charge in [0.05, 0.1) is 0 Å². The van der Waals surface area contributed by atoms with Crippen LogP contribution in [0.2, 0.25) is 0 Å². The van der Waals surface area contributed by atoms with Gasteiger partial charge in [-0.1, -0.05) is 18.2 Å². The molecule has 1 amide bonds. The van der Waals surface area contributed by atoms with Crippen LogP contribution in [-0.2, 0) is 0 Å². The Morgan fingerprint density at radius 2 is 2.00 bits per heavy atom. The van der Waals surface area contributed by atoms with Gasteiger partial charge in [-0.05, 0) is 58.2 Å². The lowest BCUT2D eigenvalue weighted by atomic mass is 9.93. The first-order valence-electron chi connectivity index (χ1n) is 8.54. The molecule has 5 heteroatoms. The first-order valence-corrected chi connectivity index (χ1v) is 8.54. The number of nitrogens with zero attached hydrogens (tertiary/aromatic N) is 1. The summed E-state index contributed by atoms with van der Waals surface area (Å²) in [5.41, 5.74) is 2.89. The molecule has 1 fully saturated rings. The number of nitrogens with one attached hydrogen (secondary N) is 1. The molecule has 1 saturated heterocycles. The number of likely N-dealkylation sites (tertiary alicyclic amines) is 1. The molecule has 0 saturated carbocycles. The number of furan rings is 1. The maximum atomic E-state index is 12.8. The van der Waals surface area contributed by atoms with E-state index in [9.17, 15) is 4.79 Å². The topological polar surface area (TPSA) is 45.5 Å². The average molecular weight is 351 g/mol. The molecule has 0 spiro atoms. The van der Waals surface area contributed by atoms with Crippen molar-refractivity contribution >= 4 is 29.3 Å². The van der Waals surface area contributed by atoms with Crippen LogP contribution in [0.3, 0.4) is 0 Å². The first kappa shape index (κ1) is 18.8. The number of hydrogen-bond donors (Lipinski definition) is 1. The highest BCUT2D eigenvalue weighted by Gasteiger charge is 2.27.